The molecule has 1 rings (SSSR count). The number of rotatable bonds is 5. The predicted octanol–water partition coefficient (Wildman–Crippen LogP) is 0.560. The van der Waals surface area contributed by atoms with Gasteiger partial charge in [-0.2, -0.15) is 0 Å². The number of aliphatic hydroxyl groups is 1. The molecule has 0 radical (unpaired) electrons. The molecule has 0 saturated heterocycles. The van der Waals surface area contributed by atoms with Crippen LogP contribution in [0.5, 0.6) is 0 Å². The summed E-state index contributed by atoms with van der Waals surface area (Å²) in [5, 5.41) is 20.0. The maximum Gasteiger partial charge on any atom is 0.332 e. The third-order valence-corrected chi connectivity index (χ3v) is 2.38. The van der Waals surface area contributed by atoms with E-state index in [1.165, 1.54) is 0 Å². The number of carbonyl (C=O) groups is 2. The Morgan fingerprint density at radius 2 is 2.00 bits per heavy atom. The van der Waals surface area contributed by atoms with Crippen LogP contribution in [-0.4, -0.2) is 34.7 Å². The summed E-state index contributed by atoms with van der Waals surface area (Å²) in [5.41, 5.74) is 1.40. The minimum atomic E-state index is -1.44. The summed E-state index contributed by atoms with van der Waals surface area (Å²) < 4.78 is 0. The molecule has 92 valence electrons. The molecule has 0 saturated carbocycles. The van der Waals surface area contributed by atoms with Gasteiger partial charge in [0.2, 0.25) is 0 Å². The van der Waals surface area contributed by atoms with Gasteiger partial charge in [-0.1, -0.05) is 18.2 Å². The van der Waals surface area contributed by atoms with E-state index in [9.17, 15) is 9.59 Å². The van der Waals surface area contributed by atoms with Crippen molar-refractivity contribution in [2.75, 3.05) is 6.54 Å². The second-order valence-corrected chi connectivity index (χ2v) is 3.71. The molecule has 3 N–H and O–H groups in total. The number of carbonyl (C=O) groups excluding carboxylic acids is 1. The van der Waals surface area contributed by atoms with Crippen LogP contribution < -0.4 is 5.32 Å². The van der Waals surface area contributed by atoms with Crippen molar-refractivity contribution in [3.05, 3.63) is 35.4 Å². The Labute approximate surface area is 99.1 Å². The molecule has 0 spiro atoms. The third-order valence-electron chi connectivity index (χ3n) is 2.38. The topological polar surface area (TPSA) is 86.6 Å². The molecule has 0 heterocycles. The Kier molecular flexibility index (Phi) is 4.66. The summed E-state index contributed by atoms with van der Waals surface area (Å²) in [6.07, 6.45) is -1.44. The average Bonchev–Trinajstić information content (AvgIpc) is 2.29. The van der Waals surface area contributed by atoms with Crippen LogP contribution in [0.1, 0.15) is 22.3 Å². The van der Waals surface area contributed by atoms with Gasteiger partial charge in [-0.05, 0) is 18.6 Å². The number of hydrogen-bond acceptors (Lipinski definition) is 3. The standard InChI is InChI=1S/C12H15NO4/c1-8-4-2-3-5-9(8)11(15)13-7-6-10(14)12(16)17/h2-5,10,14H,6-7H2,1H3,(H,13,15)(H,16,17)/t10-/m0/s1. The van der Waals surface area contributed by atoms with Crippen LogP contribution >= 0.6 is 0 Å². The Bertz CT molecular complexity index is 417. The quantitative estimate of drug-likeness (QED) is 0.698. The first-order valence-corrected chi connectivity index (χ1v) is 5.27. The maximum atomic E-state index is 11.7. The second-order valence-electron chi connectivity index (χ2n) is 3.71. The third kappa shape index (κ3) is 3.88. The lowest BCUT2D eigenvalue weighted by Crippen LogP contribution is -2.30. The molecule has 0 aliphatic carbocycles. The van der Waals surface area contributed by atoms with E-state index < -0.39 is 12.1 Å². The number of aliphatic hydroxyl groups excluding tert-OH is 1. The SMILES string of the molecule is Cc1ccccc1C(=O)NCC[C@H](O)C(=O)O. The van der Waals surface area contributed by atoms with Gasteiger partial charge in [0.25, 0.3) is 5.91 Å². The first kappa shape index (κ1) is 13.2. The zero-order valence-corrected chi connectivity index (χ0v) is 9.51. The molecule has 0 fully saturated rings. The van der Waals surface area contributed by atoms with Crippen molar-refractivity contribution in [2.45, 2.75) is 19.4 Å². The van der Waals surface area contributed by atoms with Crippen LogP contribution in [0.25, 0.3) is 0 Å². The summed E-state index contributed by atoms with van der Waals surface area (Å²) >= 11 is 0. The smallest absolute Gasteiger partial charge is 0.332 e. The summed E-state index contributed by atoms with van der Waals surface area (Å²) in [5.74, 6) is -1.55. The van der Waals surface area contributed by atoms with Gasteiger partial charge in [-0.15, -0.1) is 0 Å². The highest BCUT2D eigenvalue weighted by Crippen LogP contribution is 2.06. The monoisotopic (exact) mass is 237 g/mol. The van der Waals surface area contributed by atoms with E-state index in [-0.39, 0.29) is 18.9 Å². The van der Waals surface area contributed by atoms with Crippen molar-refractivity contribution >= 4 is 11.9 Å². The number of aliphatic carboxylic acids is 1. The molecule has 1 aromatic carbocycles. The Morgan fingerprint density at radius 3 is 2.59 bits per heavy atom. The van der Waals surface area contributed by atoms with Crippen LogP contribution in [0.15, 0.2) is 24.3 Å². The first-order valence-electron chi connectivity index (χ1n) is 5.27. The molecule has 0 aliphatic heterocycles. The van der Waals surface area contributed by atoms with Gasteiger partial charge in [0, 0.05) is 18.5 Å². The lowest BCUT2D eigenvalue weighted by Gasteiger charge is -2.08. The minimum absolute atomic E-state index is 0.00699. The van der Waals surface area contributed by atoms with Crippen LogP contribution in [0, 0.1) is 6.92 Å². The Hall–Kier alpha value is -1.88. The number of aryl methyl sites for hydroxylation is 1. The fourth-order valence-electron chi connectivity index (χ4n) is 1.37. The Balaban J connectivity index is 2.46. The minimum Gasteiger partial charge on any atom is -0.479 e. The predicted molar refractivity (Wildman–Crippen MR) is 61.8 cm³/mol. The molecule has 5 nitrogen and oxygen atoms in total. The lowest BCUT2D eigenvalue weighted by atomic mass is 10.1. The van der Waals surface area contributed by atoms with E-state index in [2.05, 4.69) is 5.32 Å². The number of nitrogens with one attached hydrogen (secondary N) is 1. The van der Waals surface area contributed by atoms with E-state index in [0.29, 0.717) is 5.56 Å². The van der Waals surface area contributed by atoms with Gasteiger partial charge in [0.1, 0.15) is 0 Å². The molecule has 1 amide bonds. The highest BCUT2D eigenvalue weighted by molar-refractivity contribution is 5.95. The van der Waals surface area contributed by atoms with Gasteiger partial charge < -0.3 is 15.5 Å². The van der Waals surface area contributed by atoms with Crippen LogP contribution in [0.2, 0.25) is 0 Å². The van der Waals surface area contributed by atoms with Crippen molar-refractivity contribution in [2.24, 2.45) is 0 Å². The molecule has 5 heteroatoms. The van der Waals surface area contributed by atoms with Crippen molar-refractivity contribution in [3.63, 3.8) is 0 Å². The molecule has 0 aromatic heterocycles. The van der Waals surface area contributed by atoms with E-state index in [0.717, 1.165) is 5.56 Å². The zero-order valence-electron chi connectivity index (χ0n) is 9.51. The lowest BCUT2D eigenvalue weighted by molar-refractivity contribution is -0.146. The number of benzene rings is 1. The van der Waals surface area contributed by atoms with Gasteiger partial charge in [-0.3, -0.25) is 4.79 Å². The summed E-state index contributed by atoms with van der Waals surface area (Å²) in [4.78, 5) is 22.0. The van der Waals surface area contributed by atoms with Crippen LogP contribution in [-0.2, 0) is 4.79 Å². The van der Waals surface area contributed by atoms with Gasteiger partial charge in [0.15, 0.2) is 6.10 Å². The molecular weight excluding hydrogens is 222 g/mol. The van der Waals surface area contributed by atoms with E-state index >= 15 is 0 Å². The molecule has 17 heavy (non-hydrogen) atoms. The maximum absolute atomic E-state index is 11.7. The fourth-order valence-corrected chi connectivity index (χ4v) is 1.37. The molecule has 0 bridgehead atoms. The summed E-state index contributed by atoms with van der Waals surface area (Å²) in [7, 11) is 0. The molecule has 0 unspecified atom stereocenters. The van der Waals surface area contributed by atoms with Crippen LogP contribution in [0.3, 0.4) is 0 Å². The summed E-state index contributed by atoms with van der Waals surface area (Å²) in [6, 6.07) is 7.10. The number of carboxylic acids is 1. The number of carboxylic acid groups (broad SMARTS) is 1. The van der Waals surface area contributed by atoms with Crippen molar-refractivity contribution in [3.8, 4) is 0 Å². The zero-order chi connectivity index (χ0) is 12.8. The second kappa shape index (κ2) is 6.00. The summed E-state index contributed by atoms with van der Waals surface area (Å²) in [6.45, 7) is 1.95. The van der Waals surface area contributed by atoms with E-state index in [1.807, 2.05) is 19.1 Å². The van der Waals surface area contributed by atoms with Crippen molar-refractivity contribution in [1.82, 2.24) is 5.32 Å². The van der Waals surface area contributed by atoms with Gasteiger partial charge in [0.05, 0.1) is 0 Å². The van der Waals surface area contributed by atoms with E-state index in [4.69, 9.17) is 10.2 Å². The molecular formula is C12H15NO4. The highest BCUT2D eigenvalue weighted by atomic mass is 16.4. The van der Waals surface area contributed by atoms with Crippen molar-refractivity contribution in [1.29, 1.82) is 0 Å². The van der Waals surface area contributed by atoms with Gasteiger partial charge in [-0.25, -0.2) is 4.79 Å². The molecule has 0 aliphatic rings. The largest absolute Gasteiger partial charge is 0.479 e. The number of hydrogen-bond donors (Lipinski definition) is 3. The Morgan fingerprint density at radius 1 is 1.35 bits per heavy atom. The van der Waals surface area contributed by atoms with Gasteiger partial charge >= 0.3 is 5.97 Å². The normalized spacial score (nSPS) is 11.9. The highest BCUT2D eigenvalue weighted by Gasteiger charge is 2.13. The van der Waals surface area contributed by atoms with Crippen LogP contribution in [0.4, 0.5) is 0 Å². The van der Waals surface area contributed by atoms with Crippen molar-refractivity contribution < 1.29 is 19.8 Å². The first-order chi connectivity index (χ1) is 8.02. The number of amides is 1. The molecule has 1 aromatic rings. The average molecular weight is 237 g/mol. The fraction of sp³-hybridized carbons (Fsp3) is 0.333. The van der Waals surface area contributed by atoms with E-state index in [1.54, 1.807) is 12.1 Å². The molecule has 1 atom stereocenters.